The molecule has 2 aliphatic rings. The van der Waals surface area contributed by atoms with Crippen LogP contribution >= 0.6 is 23.4 Å². The molecular weight excluding hydrogens is 417 g/mol. The lowest BCUT2D eigenvalue weighted by Crippen LogP contribution is -2.37. The monoisotopic (exact) mass is 428 g/mol. The number of amides is 1. The van der Waals surface area contributed by atoms with Crippen molar-refractivity contribution in [2.75, 3.05) is 22.3 Å². The van der Waals surface area contributed by atoms with Crippen LogP contribution in [0.25, 0.3) is 0 Å². The predicted octanol–water partition coefficient (Wildman–Crippen LogP) is 2.43. The average Bonchev–Trinajstić information content (AvgIpc) is 2.97. The van der Waals surface area contributed by atoms with E-state index in [4.69, 9.17) is 11.6 Å². The molecule has 2 aliphatic heterocycles. The number of thioether (sulfide) groups is 1. The van der Waals surface area contributed by atoms with Crippen molar-refractivity contribution in [3.63, 3.8) is 0 Å². The van der Waals surface area contributed by atoms with Crippen molar-refractivity contribution in [2.45, 2.75) is 17.7 Å². The summed E-state index contributed by atoms with van der Waals surface area (Å²) in [6, 6.07) is 4.49. The Kier molecular flexibility index (Phi) is 5.15. The minimum atomic E-state index is -4.81. The molecule has 2 fully saturated rings. The summed E-state index contributed by atoms with van der Waals surface area (Å²) in [7, 11) is -3.24. The maximum atomic E-state index is 12.3. The number of aliphatic imine (C=N–C) groups is 1. The van der Waals surface area contributed by atoms with Crippen molar-refractivity contribution >= 4 is 50.0 Å². The third kappa shape index (κ3) is 4.26. The van der Waals surface area contributed by atoms with Crippen LogP contribution in [0.1, 0.15) is 0 Å². The third-order valence-electron chi connectivity index (χ3n) is 3.75. The predicted molar refractivity (Wildman–Crippen MR) is 92.6 cm³/mol. The number of hydrogen-bond acceptors (Lipinski definition) is 5. The van der Waals surface area contributed by atoms with E-state index >= 15 is 0 Å². The highest BCUT2D eigenvalue weighted by atomic mass is 35.5. The van der Waals surface area contributed by atoms with E-state index in [1.165, 1.54) is 12.1 Å². The molecule has 142 valence electrons. The number of carbonyl (C=O) groups is 1. The van der Waals surface area contributed by atoms with Gasteiger partial charge in [0.15, 0.2) is 15.0 Å². The second-order valence-corrected chi connectivity index (χ2v) is 9.26. The van der Waals surface area contributed by atoms with Crippen LogP contribution in [0.2, 0.25) is 0 Å². The largest absolute Gasteiger partial charge is 0.573 e. The van der Waals surface area contributed by atoms with Gasteiger partial charge in [0.25, 0.3) is 5.91 Å². The number of halogens is 4. The molecular formula is C14H12ClF3N2O4S2. The summed E-state index contributed by atoms with van der Waals surface area (Å²) in [5.74, 6) is -1.50. The molecule has 1 amide bonds. The van der Waals surface area contributed by atoms with Crippen LogP contribution in [0.3, 0.4) is 0 Å². The van der Waals surface area contributed by atoms with Crippen LogP contribution in [-0.4, -0.2) is 54.5 Å². The van der Waals surface area contributed by atoms with Gasteiger partial charge < -0.3 is 9.64 Å². The molecule has 2 saturated heterocycles. The molecule has 1 aromatic carbocycles. The standard InChI is InChI=1S/C14H12ClF3N2O4S2/c15-5-12(21)19-13-20(10-6-26(22,23)7-11(10)25-13)8-1-3-9(4-2-8)24-14(16,17)18/h1-4,10-11H,5-7H2/t10-,11+/m1/s1. The zero-order chi connectivity index (χ0) is 19.1. The van der Waals surface area contributed by atoms with Crippen molar-refractivity contribution in [3.8, 4) is 5.75 Å². The first-order chi connectivity index (χ1) is 12.1. The van der Waals surface area contributed by atoms with E-state index in [1.807, 2.05) is 0 Å². The van der Waals surface area contributed by atoms with Gasteiger partial charge in [-0.05, 0) is 24.3 Å². The van der Waals surface area contributed by atoms with Crippen molar-refractivity contribution in [3.05, 3.63) is 24.3 Å². The second-order valence-electron chi connectivity index (χ2n) is 5.63. The molecule has 0 N–H and O–H groups in total. The number of benzene rings is 1. The number of fused-ring (bicyclic) bond motifs is 1. The number of ether oxygens (including phenoxy) is 1. The number of alkyl halides is 4. The van der Waals surface area contributed by atoms with E-state index in [2.05, 4.69) is 9.73 Å². The van der Waals surface area contributed by atoms with Crippen molar-refractivity contribution in [1.82, 2.24) is 0 Å². The van der Waals surface area contributed by atoms with E-state index in [0.29, 0.717) is 5.69 Å². The molecule has 0 bridgehead atoms. The molecule has 0 spiro atoms. The van der Waals surface area contributed by atoms with Gasteiger partial charge in [0.2, 0.25) is 0 Å². The van der Waals surface area contributed by atoms with Crippen LogP contribution < -0.4 is 9.64 Å². The number of carbonyl (C=O) groups excluding carboxylic acids is 1. The Hall–Kier alpha value is -1.46. The van der Waals surface area contributed by atoms with Crippen LogP contribution in [0, 0.1) is 0 Å². The Bertz CT molecular complexity index is 843. The quantitative estimate of drug-likeness (QED) is 0.688. The summed E-state index contributed by atoms with van der Waals surface area (Å²) in [4.78, 5) is 17.0. The summed E-state index contributed by atoms with van der Waals surface area (Å²) in [6.45, 7) is 0. The molecule has 0 aromatic heterocycles. The average molecular weight is 429 g/mol. The first-order valence-electron chi connectivity index (χ1n) is 7.27. The number of nitrogens with zero attached hydrogens (tertiary/aromatic N) is 2. The molecule has 3 rings (SSSR count). The molecule has 12 heteroatoms. The number of anilines is 1. The normalized spacial score (nSPS) is 26.2. The maximum absolute atomic E-state index is 12.3. The van der Waals surface area contributed by atoms with Gasteiger partial charge in [0.1, 0.15) is 11.6 Å². The van der Waals surface area contributed by atoms with Crippen LogP contribution in [0.4, 0.5) is 18.9 Å². The number of amidine groups is 1. The van der Waals surface area contributed by atoms with Gasteiger partial charge in [-0.15, -0.1) is 24.8 Å². The highest BCUT2D eigenvalue weighted by molar-refractivity contribution is 8.16. The first kappa shape index (κ1) is 19.3. The fourth-order valence-electron chi connectivity index (χ4n) is 2.81. The lowest BCUT2D eigenvalue weighted by molar-refractivity contribution is -0.274. The topological polar surface area (TPSA) is 76.0 Å². The van der Waals surface area contributed by atoms with E-state index in [0.717, 1.165) is 23.9 Å². The highest BCUT2D eigenvalue weighted by Crippen LogP contribution is 2.41. The van der Waals surface area contributed by atoms with E-state index < -0.39 is 33.9 Å². The lowest BCUT2D eigenvalue weighted by atomic mass is 10.2. The molecule has 2 heterocycles. The summed E-state index contributed by atoms with van der Waals surface area (Å²) >= 11 is 6.62. The van der Waals surface area contributed by atoms with E-state index in [1.54, 1.807) is 4.90 Å². The fraction of sp³-hybridized carbons (Fsp3) is 0.429. The van der Waals surface area contributed by atoms with Gasteiger partial charge in [-0.2, -0.15) is 4.99 Å². The number of sulfone groups is 1. The zero-order valence-electron chi connectivity index (χ0n) is 12.9. The summed E-state index contributed by atoms with van der Waals surface area (Å²) in [5.41, 5.74) is 0.415. The molecule has 6 nitrogen and oxygen atoms in total. The van der Waals surface area contributed by atoms with Gasteiger partial charge in [0.05, 0.1) is 17.5 Å². The minimum Gasteiger partial charge on any atom is -0.406 e. The highest BCUT2D eigenvalue weighted by Gasteiger charge is 2.49. The molecule has 0 unspecified atom stereocenters. The van der Waals surface area contributed by atoms with E-state index in [-0.39, 0.29) is 27.8 Å². The Balaban J connectivity index is 1.92. The fourth-order valence-corrected chi connectivity index (χ4v) is 6.80. The Labute approximate surface area is 156 Å². The van der Waals surface area contributed by atoms with Gasteiger partial charge in [-0.25, -0.2) is 8.42 Å². The molecule has 1 aromatic rings. The summed E-state index contributed by atoms with van der Waals surface area (Å²) in [6.07, 6.45) is -4.81. The zero-order valence-corrected chi connectivity index (χ0v) is 15.3. The van der Waals surface area contributed by atoms with Crippen molar-refractivity contribution in [1.29, 1.82) is 0 Å². The molecule has 0 aliphatic carbocycles. The van der Waals surface area contributed by atoms with Crippen molar-refractivity contribution < 1.29 is 31.1 Å². The molecule has 26 heavy (non-hydrogen) atoms. The first-order valence-corrected chi connectivity index (χ1v) is 10.5. The van der Waals surface area contributed by atoms with Gasteiger partial charge in [-0.3, -0.25) is 4.79 Å². The van der Waals surface area contributed by atoms with Gasteiger partial charge >= 0.3 is 6.36 Å². The van der Waals surface area contributed by atoms with Crippen LogP contribution in [-0.2, 0) is 14.6 Å². The Morgan fingerprint density at radius 3 is 2.54 bits per heavy atom. The number of rotatable bonds is 3. The Morgan fingerprint density at radius 2 is 1.96 bits per heavy atom. The van der Waals surface area contributed by atoms with E-state index in [9.17, 15) is 26.4 Å². The summed E-state index contributed by atoms with van der Waals surface area (Å²) < 4.78 is 64.5. The number of hydrogen-bond donors (Lipinski definition) is 0. The Morgan fingerprint density at radius 1 is 1.31 bits per heavy atom. The van der Waals surface area contributed by atoms with Gasteiger partial charge in [-0.1, -0.05) is 11.8 Å². The smallest absolute Gasteiger partial charge is 0.406 e. The molecule has 0 radical (unpaired) electrons. The SMILES string of the molecule is O=C(CCl)N=C1S[C@H]2CS(=O)(=O)C[C@H]2N1c1ccc(OC(F)(F)F)cc1. The van der Waals surface area contributed by atoms with Crippen LogP contribution in [0.15, 0.2) is 29.3 Å². The third-order valence-corrected chi connectivity index (χ3v) is 7.19. The molecule has 0 saturated carbocycles. The van der Waals surface area contributed by atoms with Crippen LogP contribution in [0.5, 0.6) is 5.75 Å². The minimum absolute atomic E-state index is 0.0534. The van der Waals surface area contributed by atoms with Crippen molar-refractivity contribution in [2.24, 2.45) is 4.99 Å². The maximum Gasteiger partial charge on any atom is 0.573 e. The lowest BCUT2D eigenvalue weighted by Gasteiger charge is -2.24. The summed E-state index contributed by atoms with van der Waals surface area (Å²) in [5, 5.41) is -0.0296. The second kappa shape index (κ2) is 6.93. The molecule has 2 atom stereocenters. The van der Waals surface area contributed by atoms with Gasteiger partial charge in [0, 0.05) is 10.9 Å².